The minimum absolute atomic E-state index is 0.245. The molecule has 0 spiro atoms. The van der Waals surface area contributed by atoms with Crippen LogP contribution in [-0.2, 0) is 6.54 Å². The van der Waals surface area contributed by atoms with Gasteiger partial charge in [-0.15, -0.1) is 0 Å². The van der Waals surface area contributed by atoms with Crippen LogP contribution in [-0.4, -0.2) is 18.6 Å². The number of nitrogens with one attached hydrogen (secondary N) is 1. The second kappa shape index (κ2) is 7.01. The maximum atomic E-state index is 13.7. The van der Waals surface area contributed by atoms with Crippen LogP contribution < -0.4 is 10.2 Å². The van der Waals surface area contributed by atoms with E-state index in [9.17, 15) is 4.39 Å². The van der Waals surface area contributed by atoms with Gasteiger partial charge in [-0.3, -0.25) is 0 Å². The fourth-order valence-corrected chi connectivity index (χ4v) is 1.98. The topological polar surface area (TPSA) is 28.2 Å². The highest BCUT2D eigenvalue weighted by Gasteiger charge is 2.09. The Morgan fingerprint density at radius 3 is 2.65 bits per heavy atom. The van der Waals surface area contributed by atoms with Crippen molar-refractivity contribution in [3.8, 4) is 0 Å². The number of hydrogen-bond donors (Lipinski definition) is 1. The van der Waals surface area contributed by atoms with Gasteiger partial charge in [0, 0.05) is 19.8 Å². The molecule has 0 aliphatic carbocycles. The van der Waals surface area contributed by atoms with Crippen LogP contribution in [0.3, 0.4) is 0 Å². The number of halogens is 1. The predicted octanol–water partition coefficient (Wildman–Crippen LogP) is 3.49. The molecule has 0 aliphatic rings. The molecule has 0 fully saturated rings. The van der Waals surface area contributed by atoms with Crippen molar-refractivity contribution in [3.05, 3.63) is 54.0 Å². The van der Waals surface area contributed by atoms with Crippen LogP contribution in [0.15, 0.2) is 42.6 Å². The molecular weight excluding hydrogens is 253 g/mol. The Kier molecular flexibility index (Phi) is 5.07. The van der Waals surface area contributed by atoms with E-state index in [2.05, 4.69) is 17.2 Å². The number of aromatic nitrogens is 1. The summed E-state index contributed by atoms with van der Waals surface area (Å²) >= 11 is 0. The molecule has 3 nitrogen and oxygen atoms in total. The van der Waals surface area contributed by atoms with Gasteiger partial charge in [0.05, 0.1) is 5.69 Å². The van der Waals surface area contributed by atoms with Gasteiger partial charge in [-0.25, -0.2) is 9.37 Å². The molecule has 0 saturated carbocycles. The summed E-state index contributed by atoms with van der Waals surface area (Å²) in [5, 5.41) is 3.33. The molecule has 106 valence electrons. The zero-order valence-corrected chi connectivity index (χ0v) is 11.9. The minimum Gasteiger partial charge on any atom is -0.327 e. The first kappa shape index (κ1) is 14.5. The third-order valence-electron chi connectivity index (χ3n) is 3.12. The number of hydrogen-bond acceptors (Lipinski definition) is 3. The molecule has 0 radical (unpaired) electrons. The third kappa shape index (κ3) is 3.54. The fraction of sp³-hybridized carbons (Fsp3) is 0.312. The first-order valence-electron chi connectivity index (χ1n) is 6.86. The molecule has 0 unspecified atom stereocenters. The first-order valence-corrected chi connectivity index (χ1v) is 6.86. The Balaban J connectivity index is 2.08. The van der Waals surface area contributed by atoms with E-state index in [4.69, 9.17) is 0 Å². The molecule has 2 rings (SSSR count). The molecule has 0 saturated heterocycles. The SMILES string of the molecule is CCCNCc1ccc(N(C)c2ccccc2F)nc1. The highest BCUT2D eigenvalue weighted by Crippen LogP contribution is 2.24. The van der Waals surface area contributed by atoms with Crippen molar-refractivity contribution in [2.75, 3.05) is 18.5 Å². The van der Waals surface area contributed by atoms with E-state index in [0.717, 1.165) is 30.9 Å². The van der Waals surface area contributed by atoms with Crippen LogP contribution in [0.5, 0.6) is 0 Å². The van der Waals surface area contributed by atoms with Crippen LogP contribution in [0.4, 0.5) is 15.9 Å². The maximum absolute atomic E-state index is 13.7. The zero-order chi connectivity index (χ0) is 14.4. The van der Waals surface area contributed by atoms with Crippen molar-refractivity contribution in [1.82, 2.24) is 10.3 Å². The van der Waals surface area contributed by atoms with Crippen molar-refractivity contribution in [2.24, 2.45) is 0 Å². The lowest BCUT2D eigenvalue weighted by molar-refractivity contribution is 0.627. The van der Waals surface area contributed by atoms with Crippen LogP contribution in [0.1, 0.15) is 18.9 Å². The average molecular weight is 273 g/mol. The summed E-state index contributed by atoms with van der Waals surface area (Å²) in [6.45, 7) is 3.94. The summed E-state index contributed by atoms with van der Waals surface area (Å²) in [6.07, 6.45) is 2.94. The van der Waals surface area contributed by atoms with E-state index >= 15 is 0 Å². The zero-order valence-electron chi connectivity index (χ0n) is 11.9. The molecule has 0 atom stereocenters. The van der Waals surface area contributed by atoms with E-state index in [1.165, 1.54) is 6.07 Å². The van der Waals surface area contributed by atoms with E-state index in [1.54, 1.807) is 17.0 Å². The standard InChI is InChI=1S/C16H20FN3/c1-3-10-18-11-13-8-9-16(19-12-13)20(2)15-7-5-4-6-14(15)17/h4-9,12,18H,3,10-11H2,1-2H3. The number of benzene rings is 1. The Morgan fingerprint density at radius 1 is 1.20 bits per heavy atom. The van der Waals surface area contributed by atoms with Gasteiger partial charge in [-0.05, 0) is 36.7 Å². The molecule has 1 aromatic heterocycles. The molecular formula is C16H20FN3. The highest BCUT2D eigenvalue weighted by molar-refractivity contribution is 5.59. The number of para-hydroxylation sites is 1. The van der Waals surface area contributed by atoms with E-state index in [0.29, 0.717) is 5.69 Å². The Hall–Kier alpha value is -1.94. The molecule has 1 N–H and O–H groups in total. The highest BCUT2D eigenvalue weighted by atomic mass is 19.1. The van der Waals surface area contributed by atoms with Crippen molar-refractivity contribution in [2.45, 2.75) is 19.9 Å². The number of anilines is 2. The lowest BCUT2D eigenvalue weighted by Crippen LogP contribution is -2.15. The molecule has 4 heteroatoms. The molecule has 0 bridgehead atoms. The summed E-state index contributed by atoms with van der Waals surface area (Å²) in [7, 11) is 1.82. The molecule has 2 aromatic rings. The quantitative estimate of drug-likeness (QED) is 0.817. The molecule has 0 amide bonds. The van der Waals surface area contributed by atoms with Crippen molar-refractivity contribution in [1.29, 1.82) is 0 Å². The van der Waals surface area contributed by atoms with Gasteiger partial charge in [0.15, 0.2) is 0 Å². The first-order chi connectivity index (χ1) is 9.72. The fourth-order valence-electron chi connectivity index (χ4n) is 1.98. The van der Waals surface area contributed by atoms with Gasteiger partial charge >= 0.3 is 0 Å². The maximum Gasteiger partial charge on any atom is 0.146 e. The van der Waals surface area contributed by atoms with Gasteiger partial charge in [0.1, 0.15) is 11.6 Å². The van der Waals surface area contributed by atoms with Gasteiger partial charge in [-0.2, -0.15) is 0 Å². The molecule has 1 aromatic carbocycles. The second-order valence-corrected chi connectivity index (χ2v) is 4.71. The molecule has 0 aliphatic heterocycles. The lowest BCUT2D eigenvalue weighted by atomic mass is 10.2. The third-order valence-corrected chi connectivity index (χ3v) is 3.12. The van der Waals surface area contributed by atoms with Crippen LogP contribution in [0.2, 0.25) is 0 Å². The van der Waals surface area contributed by atoms with Gasteiger partial charge in [0.2, 0.25) is 0 Å². The Bertz CT molecular complexity index is 540. The number of pyridine rings is 1. The van der Waals surface area contributed by atoms with E-state index < -0.39 is 0 Å². The predicted molar refractivity (Wildman–Crippen MR) is 80.7 cm³/mol. The van der Waals surface area contributed by atoms with Crippen molar-refractivity contribution < 1.29 is 4.39 Å². The second-order valence-electron chi connectivity index (χ2n) is 4.71. The lowest BCUT2D eigenvalue weighted by Gasteiger charge is -2.19. The van der Waals surface area contributed by atoms with Crippen LogP contribution >= 0.6 is 0 Å². The van der Waals surface area contributed by atoms with Crippen LogP contribution in [0.25, 0.3) is 0 Å². The number of nitrogens with zero attached hydrogens (tertiary/aromatic N) is 2. The number of rotatable bonds is 6. The smallest absolute Gasteiger partial charge is 0.146 e. The van der Waals surface area contributed by atoms with Crippen molar-refractivity contribution >= 4 is 11.5 Å². The molecule has 20 heavy (non-hydrogen) atoms. The normalized spacial score (nSPS) is 10.6. The van der Waals surface area contributed by atoms with Gasteiger partial charge in [0.25, 0.3) is 0 Å². The summed E-state index contributed by atoms with van der Waals surface area (Å²) in [5.74, 6) is 0.486. The summed E-state index contributed by atoms with van der Waals surface area (Å²) < 4.78 is 13.7. The summed E-state index contributed by atoms with van der Waals surface area (Å²) in [6, 6.07) is 10.6. The Morgan fingerprint density at radius 2 is 2.00 bits per heavy atom. The molecule has 1 heterocycles. The Labute approximate surface area is 119 Å². The van der Waals surface area contributed by atoms with Crippen molar-refractivity contribution in [3.63, 3.8) is 0 Å². The minimum atomic E-state index is -0.245. The van der Waals surface area contributed by atoms with Gasteiger partial charge < -0.3 is 10.2 Å². The largest absolute Gasteiger partial charge is 0.327 e. The van der Waals surface area contributed by atoms with Crippen LogP contribution in [0, 0.1) is 5.82 Å². The van der Waals surface area contributed by atoms with E-state index in [-0.39, 0.29) is 5.82 Å². The van der Waals surface area contributed by atoms with Gasteiger partial charge in [-0.1, -0.05) is 25.1 Å². The average Bonchev–Trinajstić information content (AvgIpc) is 2.48. The summed E-state index contributed by atoms with van der Waals surface area (Å²) in [5.41, 5.74) is 1.65. The van der Waals surface area contributed by atoms with E-state index in [1.807, 2.05) is 31.4 Å². The summed E-state index contributed by atoms with van der Waals surface area (Å²) in [4.78, 5) is 6.14. The monoisotopic (exact) mass is 273 g/mol.